The number of fused-ring (bicyclic) bond motifs is 10. The van der Waals surface area contributed by atoms with Crippen molar-refractivity contribution in [2.45, 2.75) is 36.5 Å². The Morgan fingerprint density at radius 2 is 0.955 bits per heavy atom. The van der Waals surface area contributed by atoms with Crippen LogP contribution in [0.4, 0.5) is 0 Å². The Morgan fingerprint density at radius 1 is 0.545 bits per heavy atom. The first kappa shape index (κ1) is 11.5. The molecule has 106 valence electrons. The Kier molecular flexibility index (Phi) is 1.99. The van der Waals surface area contributed by atoms with E-state index in [1.807, 2.05) is 0 Å². The fourth-order valence-corrected chi connectivity index (χ4v) is 5.51. The van der Waals surface area contributed by atoms with E-state index < -0.39 is 0 Å². The summed E-state index contributed by atoms with van der Waals surface area (Å²) < 4.78 is 0. The second-order valence-electron chi connectivity index (χ2n) is 7.29. The molecule has 0 heteroatoms. The standard InChI is InChI=1S/C22H18/c1-3-7-17-15(5-1)13-9-19(17)21(11-13)22-12-14-10-20(22)18-8-4-2-6-16(14)18/h1-8,11-14,19-20H,9-10H2. The lowest BCUT2D eigenvalue weighted by Crippen LogP contribution is -2.07. The van der Waals surface area contributed by atoms with Gasteiger partial charge >= 0.3 is 0 Å². The molecule has 0 N–H and O–H groups in total. The van der Waals surface area contributed by atoms with Crippen molar-refractivity contribution in [3.63, 3.8) is 0 Å². The lowest BCUT2D eigenvalue weighted by atomic mass is 9.80. The van der Waals surface area contributed by atoms with Crippen molar-refractivity contribution in [1.29, 1.82) is 0 Å². The van der Waals surface area contributed by atoms with Crippen molar-refractivity contribution in [2.24, 2.45) is 0 Å². The van der Waals surface area contributed by atoms with Gasteiger partial charge < -0.3 is 0 Å². The molecule has 0 spiro atoms. The molecule has 0 saturated carbocycles. The van der Waals surface area contributed by atoms with E-state index >= 15 is 0 Å². The summed E-state index contributed by atoms with van der Waals surface area (Å²) in [6.07, 6.45) is 7.79. The summed E-state index contributed by atoms with van der Waals surface area (Å²) in [4.78, 5) is 0. The molecular weight excluding hydrogens is 264 g/mol. The Bertz CT molecular complexity index is 794. The Labute approximate surface area is 131 Å². The highest BCUT2D eigenvalue weighted by atomic mass is 14.5. The lowest BCUT2D eigenvalue weighted by molar-refractivity contribution is 0.755. The molecular formula is C22H18. The quantitative estimate of drug-likeness (QED) is 0.656. The van der Waals surface area contributed by atoms with Gasteiger partial charge in [0.2, 0.25) is 0 Å². The number of benzene rings is 2. The van der Waals surface area contributed by atoms with Crippen LogP contribution in [-0.4, -0.2) is 0 Å². The number of rotatable bonds is 1. The van der Waals surface area contributed by atoms with Crippen molar-refractivity contribution >= 4 is 0 Å². The van der Waals surface area contributed by atoms with Crippen LogP contribution in [0.2, 0.25) is 0 Å². The van der Waals surface area contributed by atoms with Gasteiger partial charge in [-0.3, -0.25) is 0 Å². The van der Waals surface area contributed by atoms with E-state index in [-0.39, 0.29) is 0 Å². The molecule has 0 aliphatic heterocycles. The minimum Gasteiger partial charge on any atom is -0.0728 e. The normalized spacial score (nSPS) is 32.7. The molecule has 6 rings (SSSR count). The molecule has 4 unspecified atom stereocenters. The van der Waals surface area contributed by atoms with Crippen molar-refractivity contribution in [3.05, 3.63) is 94.1 Å². The number of allylic oxidation sites excluding steroid dienone is 4. The molecule has 2 aromatic carbocycles. The van der Waals surface area contributed by atoms with Crippen molar-refractivity contribution in [2.75, 3.05) is 0 Å². The average Bonchev–Trinajstić information content (AvgIpc) is 3.33. The molecule has 4 aliphatic rings. The third-order valence-corrected chi connectivity index (χ3v) is 6.37. The highest BCUT2D eigenvalue weighted by Gasteiger charge is 2.44. The fourth-order valence-electron chi connectivity index (χ4n) is 5.51. The summed E-state index contributed by atoms with van der Waals surface area (Å²) in [5.74, 6) is 2.68. The Hall–Kier alpha value is -2.08. The molecule has 0 radical (unpaired) electrons. The fraction of sp³-hybridized carbons (Fsp3) is 0.273. The SMILES string of the molecule is C1=C(C2=CC3CC2c2ccccc23)C2CC1c1ccccc12. The average molecular weight is 282 g/mol. The topological polar surface area (TPSA) is 0 Å². The van der Waals surface area contributed by atoms with Gasteiger partial charge in [-0.05, 0) is 46.2 Å². The first-order chi connectivity index (χ1) is 10.9. The molecule has 22 heavy (non-hydrogen) atoms. The molecule has 0 amide bonds. The van der Waals surface area contributed by atoms with Gasteiger partial charge in [-0.25, -0.2) is 0 Å². The van der Waals surface area contributed by atoms with Crippen LogP contribution >= 0.6 is 0 Å². The summed E-state index contributed by atoms with van der Waals surface area (Å²) in [5.41, 5.74) is 9.68. The van der Waals surface area contributed by atoms with E-state index in [2.05, 4.69) is 60.7 Å². The third kappa shape index (κ3) is 1.26. The van der Waals surface area contributed by atoms with Gasteiger partial charge in [0.1, 0.15) is 0 Å². The Balaban J connectivity index is 1.45. The van der Waals surface area contributed by atoms with E-state index in [9.17, 15) is 0 Å². The predicted molar refractivity (Wildman–Crippen MR) is 89.2 cm³/mol. The maximum atomic E-state index is 2.59. The predicted octanol–water partition coefficient (Wildman–Crippen LogP) is 5.41. The zero-order chi connectivity index (χ0) is 14.3. The summed E-state index contributed by atoms with van der Waals surface area (Å²) in [5, 5.41) is 0. The molecule has 0 nitrogen and oxygen atoms in total. The minimum absolute atomic E-state index is 0.666. The molecule has 0 fully saturated rings. The zero-order valence-electron chi connectivity index (χ0n) is 12.5. The Morgan fingerprint density at radius 3 is 1.41 bits per heavy atom. The third-order valence-electron chi connectivity index (χ3n) is 6.37. The summed E-state index contributed by atoms with van der Waals surface area (Å²) in [6, 6.07) is 18.2. The van der Waals surface area contributed by atoms with Gasteiger partial charge in [0.15, 0.2) is 0 Å². The largest absolute Gasteiger partial charge is 0.0728 e. The van der Waals surface area contributed by atoms with Gasteiger partial charge in [0.25, 0.3) is 0 Å². The molecule has 4 atom stereocenters. The number of hydrogen-bond acceptors (Lipinski definition) is 0. The van der Waals surface area contributed by atoms with Crippen LogP contribution in [-0.2, 0) is 0 Å². The van der Waals surface area contributed by atoms with Crippen molar-refractivity contribution in [1.82, 2.24) is 0 Å². The molecule has 4 aliphatic carbocycles. The van der Waals surface area contributed by atoms with Crippen LogP contribution < -0.4 is 0 Å². The molecule has 2 aromatic rings. The molecule has 0 saturated heterocycles. The lowest BCUT2D eigenvalue weighted by Gasteiger charge is -2.24. The van der Waals surface area contributed by atoms with Crippen LogP contribution in [0.15, 0.2) is 71.8 Å². The van der Waals surface area contributed by atoms with Gasteiger partial charge in [-0.1, -0.05) is 60.7 Å². The van der Waals surface area contributed by atoms with E-state index in [0.717, 1.165) is 0 Å². The smallest absolute Gasteiger partial charge is 0.0101 e. The van der Waals surface area contributed by atoms with Crippen LogP contribution in [0.5, 0.6) is 0 Å². The first-order valence-electron chi connectivity index (χ1n) is 8.51. The molecule has 0 heterocycles. The zero-order valence-corrected chi connectivity index (χ0v) is 12.5. The van der Waals surface area contributed by atoms with Gasteiger partial charge in [-0.2, -0.15) is 0 Å². The first-order valence-corrected chi connectivity index (χ1v) is 8.51. The van der Waals surface area contributed by atoms with E-state index in [0.29, 0.717) is 23.7 Å². The summed E-state index contributed by atoms with van der Waals surface area (Å²) >= 11 is 0. The van der Waals surface area contributed by atoms with E-state index in [4.69, 9.17) is 0 Å². The molecule has 0 aromatic heterocycles. The van der Waals surface area contributed by atoms with Crippen molar-refractivity contribution in [3.8, 4) is 0 Å². The summed E-state index contributed by atoms with van der Waals surface area (Å²) in [6.45, 7) is 0. The van der Waals surface area contributed by atoms with Crippen LogP contribution in [0.3, 0.4) is 0 Å². The van der Waals surface area contributed by atoms with Crippen LogP contribution in [0.1, 0.15) is 58.8 Å². The number of hydrogen-bond donors (Lipinski definition) is 0. The highest BCUT2D eigenvalue weighted by molar-refractivity contribution is 5.63. The second kappa shape index (κ2) is 3.81. The van der Waals surface area contributed by atoms with Crippen LogP contribution in [0, 0.1) is 0 Å². The van der Waals surface area contributed by atoms with Gasteiger partial charge in [0.05, 0.1) is 0 Å². The minimum atomic E-state index is 0.666. The monoisotopic (exact) mass is 282 g/mol. The second-order valence-corrected chi connectivity index (χ2v) is 7.29. The van der Waals surface area contributed by atoms with Gasteiger partial charge in [-0.15, -0.1) is 0 Å². The van der Waals surface area contributed by atoms with Crippen LogP contribution in [0.25, 0.3) is 0 Å². The molecule has 4 bridgehead atoms. The van der Waals surface area contributed by atoms with E-state index in [1.165, 1.54) is 12.8 Å². The summed E-state index contributed by atoms with van der Waals surface area (Å²) in [7, 11) is 0. The maximum Gasteiger partial charge on any atom is 0.0101 e. The van der Waals surface area contributed by atoms with E-state index in [1.54, 1.807) is 33.4 Å². The maximum absolute atomic E-state index is 2.59. The highest BCUT2D eigenvalue weighted by Crippen LogP contribution is 2.61. The van der Waals surface area contributed by atoms with Crippen molar-refractivity contribution < 1.29 is 0 Å². The van der Waals surface area contributed by atoms with Gasteiger partial charge in [0, 0.05) is 23.7 Å².